The number of fused-ring (bicyclic) bond motifs is 6. The Labute approximate surface area is 434 Å². The first-order valence-electron chi connectivity index (χ1n) is 25.9. The number of aromatic nitrogens is 6. The zero-order valence-corrected chi connectivity index (χ0v) is 44.2. The molecule has 2 aromatic carbocycles. The fraction of sp³-hybridized carbons (Fsp3) is 0.258. The first kappa shape index (κ1) is 47.4. The molecule has 0 spiro atoms. The van der Waals surface area contributed by atoms with E-state index >= 15 is 0 Å². The molecule has 0 saturated heterocycles. The molecule has 0 N–H and O–H groups in total. The third kappa shape index (κ3) is 7.91. The minimum Gasteiger partial charge on any atom is -0.498 e. The van der Waals surface area contributed by atoms with Gasteiger partial charge >= 0.3 is 0 Å². The summed E-state index contributed by atoms with van der Waals surface area (Å²) in [7, 11) is 0. The summed E-state index contributed by atoms with van der Waals surface area (Å²) in [5.41, 5.74) is 18.7. The van der Waals surface area contributed by atoms with E-state index in [9.17, 15) is 0 Å². The number of aryl methyl sites for hydroxylation is 6. The maximum atomic E-state index is 6.43. The summed E-state index contributed by atoms with van der Waals surface area (Å²) >= 11 is 0. The fourth-order valence-electron chi connectivity index (χ4n) is 11.5. The van der Waals surface area contributed by atoms with Gasteiger partial charge in [-0.2, -0.15) is 0 Å². The normalized spacial score (nSPS) is 12.8. The van der Waals surface area contributed by atoms with Crippen LogP contribution in [-0.4, -0.2) is 54.7 Å². The molecule has 12 rings (SSSR count). The third-order valence-electron chi connectivity index (χ3n) is 14.4. The number of pyridine rings is 2. The average Bonchev–Trinajstić information content (AvgIpc) is 4.35. The Morgan fingerprint density at radius 1 is 0.533 bits per heavy atom. The van der Waals surface area contributed by atoms with Crippen LogP contribution in [0.2, 0.25) is 0 Å². The standard InChI is InChI=1S/C62H60N6O7/c1-11-69-42-17-16-41(28-42)44-30-65(31-45(44)50-19-21-52(73-50)70-12-2)59-36(6)26-38(8)61-56(59)57-49(18-15-40(10)64-57)68(61)34-67-48-23-24-63-29-43(48)55-58(35(5)25-37(7)60(55)67)66-32-46(51-20-22-53(74-51)71-13-3)47(33-66)62-39(9)27-54(75-62)72-14-4/h15-27,29-33H,11-14,28,34H2,1-10H3. The van der Waals surface area contributed by atoms with Gasteiger partial charge in [-0.1, -0.05) is 18.2 Å². The Bertz CT molecular complexity index is 4100. The number of hydrogen-bond donors (Lipinski definition) is 0. The quantitative estimate of drug-likeness (QED) is 0.0931. The van der Waals surface area contributed by atoms with Crippen molar-refractivity contribution in [1.82, 2.24) is 28.2 Å². The number of furan rings is 3. The second kappa shape index (κ2) is 18.7. The fourth-order valence-corrected chi connectivity index (χ4v) is 11.5. The smallest absolute Gasteiger partial charge is 0.285 e. The molecule has 0 saturated carbocycles. The van der Waals surface area contributed by atoms with Crippen molar-refractivity contribution in [3.8, 4) is 63.2 Å². The molecule has 0 unspecified atom stereocenters. The summed E-state index contributed by atoms with van der Waals surface area (Å²) in [6, 6.07) is 20.7. The highest BCUT2D eigenvalue weighted by Gasteiger charge is 2.28. The highest BCUT2D eigenvalue weighted by atomic mass is 16.6. The lowest BCUT2D eigenvalue weighted by molar-refractivity contribution is 0.227. The van der Waals surface area contributed by atoms with Crippen LogP contribution < -0.4 is 14.2 Å². The molecule has 13 heteroatoms. The number of allylic oxidation sites excluding steroid dienone is 3. The molecule has 9 heterocycles. The van der Waals surface area contributed by atoms with Gasteiger partial charge in [0.25, 0.3) is 17.8 Å². The summed E-state index contributed by atoms with van der Waals surface area (Å²) in [5.74, 6) is 4.47. The summed E-state index contributed by atoms with van der Waals surface area (Å²) in [4.78, 5) is 10.2. The van der Waals surface area contributed by atoms with Crippen molar-refractivity contribution in [2.75, 3.05) is 26.4 Å². The van der Waals surface area contributed by atoms with E-state index < -0.39 is 0 Å². The minimum atomic E-state index is 0.456. The molecule has 1 aliphatic rings. The number of hydrogen-bond acceptors (Lipinski definition) is 9. The highest BCUT2D eigenvalue weighted by Crippen LogP contribution is 2.46. The van der Waals surface area contributed by atoms with Gasteiger partial charge in [0.1, 0.15) is 29.7 Å². The van der Waals surface area contributed by atoms with Crippen LogP contribution in [0.3, 0.4) is 0 Å². The van der Waals surface area contributed by atoms with Gasteiger partial charge in [-0.15, -0.1) is 0 Å². The first-order valence-corrected chi connectivity index (χ1v) is 25.9. The van der Waals surface area contributed by atoms with Crippen LogP contribution in [0.1, 0.15) is 73.2 Å². The van der Waals surface area contributed by atoms with Crippen LogP contribution >= 0.6 is 0 Å². The SMILES string of the molecule is CCOC1=CC=C(c2cn(-c3c(C)cc(C)c4c3c3nc(C)ccc3n4Cn3c4ccncc4c4c(-n5cc(-c6ccc(OCC)o6)c(-c6oc(OCC)cc6C)c5)c(C)cc(C)c43)cc2-c2ccc(OCC)o2)C1. The Kier molecular flexibility index (Phi) is 11.8. The van der Waals surface area contributed by atoms with Crippen molar-refractivity contribution in [2.45, 2.75) is 82.3 Å². The molecule has 0 amide bonds. The highest BCUT2D eigenvalue weighted by molar-refractivity contribution is 6.15. The van der Waals surface area contributed by atoms with E-state index in [1.54, 1.807) is 0 Å². The van der Waals surface area contributed by atoms with E-state index in [1.165, 1.54) is 0 Å². The average molecular weight is 1000 g/mol. The summed E-state index contributed by atoms with van der Waals surface area (Å²) in [6.45, 7) is 23.4. The summed E-state index contributed by atoms with van der Waals surface area (Å²) in [5, 5.41) is 3.21. The predicted molar refractivity (Wildman–Crippen MR) is 296 cm³/mol. The van der Waals surface area contributed by atoms with Gasteiger partial charge in [-0.05, 0) is 139 Å². The Morgan fingerprint density at radius 2 is 1.12 bits per heavy atom. The summed E-state index contributed by atoms with van der Waals surface area (Å²) in [6.07, 6.45) is 17.5. The molecule has 11 aromatic rings. The largest absolute Gasteiger partial charge is 0.498 e. The van der Waals surface area contributed by atoms with Crippen molar-refractivity contribution < 1.29 is 32.2 Å². The second-order valence-corrected chi connectivity index (χ2v) is 19.4. The van der Waals surface area contributed by atoms with Crippen LogP contribution in [-0.2, 0) is 11.4 Å². The molecule has 0 aliphatic heterocycles. The van der Waals surface area contributed by atoms with Crippen LogP contribution in [0, 0.1) is 41.5 Å². The van der Waals surface area contributed by atoms with Crippen molar-refractivity contribution in [2.24, 2.45) is 0 Å². The third-order valence-corrected chi connectivity index (χ3v) is 14.4. The van der Waals surface area contributed by atoms with Crippen LogP contribution in [0.5, 0.6) is 17.8 Å². The number of rotatable bonds is 16. The van der Waals surface area contributed by atoms with Gasteiger partial charge in [0, 0.05) is 101 Å². The van der Waals surface area contributed by atoms with Gasteiger partial charge in [0.15, 0.2) is 0 Å². The van der Waals surface area contributed by atoms with Gasteiger partial charge in [-0.3, -0.25) is 9.97 Å². The van der Waals surface area contributed by atoms with E-state index in [4.69, 9.17) is 42.2 Å². The molecule has 75 heavy (non-hydrogen) atoms. The molecule has 0 fully saturated rings. The van der Waals surface area contributed by atoms with Crippen molar-refractivity contribution in [3.05, 3.63) is 155 Å². The summed E-state index contributed by atoms with van der Waals surface area (Å²) < 4.78 is 52.0. The maximum Gasteiger partial charge on any atom is 0.285 e. The lowest BCUT2D eigenvalue weighted by Gasteiger charge is -2.17. The molecule has 0 bridgehead atoms. The van der Waals surface area contributed by atoms with Crippen LogP contribution in [0.15, 0.2) is 129 Å². The zero-order valence-electron chi connectivity index (χ0n) is 44.2. The monoisotopic (exact) mass is 1000 g/mol. The van der Waals surface area contributed by atoms with Crippen LogP contribution in [0.25, 0.3) is 94.7 Å². The zero-order chi connectivity index (χ0) is 51.8. The van der Waals surface area contributed by atoms with E-state index in [0.717, 1.165) is 128 Å². The maximum absolute atomic E-state index is 6.43. The molecule has 9 aromatic heterocycles. The second-order valence-electron chi connectivity index (χ2n) is 19.4. The predicted octanol–water partition coefficient (Wildman–Crippen LogP) is 15.3. The molecule has 1 aliphatic carbocycles. The molecule has 13 nitrogen and oxygen atoms in total. The lowest BCUT2D eigenvalue weighted by atomic mass is 10.0. The van der Waals surface area contributed by atoms with E-state index in [1.807, 2.05) is 77.3 Å². The van der Waals surface area contributed by atoms with E-state index in [2.05, 4.69) is 120 Å². The Hall–Kier alpha value is -8.58. The molecule has 0 atom stereocenters. The topological polar surface area (TPSA) is 122 Å². The van der Waals surface area contributed by atoms with Gasteiger partial charge in [0.2, 0.25) is 0 Å². The van der Waals surface area contributed by atoms with Crippen molar-refractivity contribution >= 4 is 49.3 Å². The number of benzene rings is 2. The van der Waals surface area contributed by atoms with E-state index in [-0.39, 0.29) is 0 Å². The van der Waals surface area contributed by atoms with Crippen molar-refractivity contribution in [1.29, 1.82) is 0 Å². The Balaban J connectivity index is 1.06. The van der Waals surface area contributed by atoms with Gasteiger partial charge in [-0.25, -0.2) is 0 Å². The van der Waals surface area contributed by atoms with Gasteiger partial charge < -0.3 is 50.5 Å². The molecular weight excluding hydrogens is 941 g/mol. The lowest BCUT2D eigenvalue weighted by Crippen LogP contribution is -2.10. The van der Waals surface area contributed by atoms with Crippen LogP contribution in [0.4, 0.5) is 0 Å². The van der Waals surface area contributed by atoms with Crippen molar-refractivity contribution in [3.63, 3.8) is 0 Å². The van der Waals surface area contributed by atoms with E-state index in [0.29, 0.717) is 68.9 Å². The minimum absolute atomic E-state index is 0.456. The number of ether oxygens (including phenoxy) is 4. The molecule has 380 valence electrons. The molecular formula is C62H60N6O7. The van der Waals surface area contributed by atoms with Gasteiger partial charge in [0.05, 0.1) is 70.8 Å². The first-order chi connectivity index (χ1) is 36.5. The molecule has 0 radical (unpaired) electrons. The Morgan fingerprint density at radius 3 is 1.79 bits per heavy atom. The number of nitrogens with zero attached hydrogens (tertiary/aromatic N) is 6.